The van der Waals surface area contributed by atoms with Crippen LogP contribution in [0.15, 0.2) is 72.8 Å². The minimum Gasteiger partial charge on any atom is -0.489 e. The summed E-state index contributed by atoms with van der Waals surface area (Å²) in [5, 5.41) is 14.3. The standard InChI is InChI=1S/C25H22FN3O3/c26-22-6-2-3-19(14-22)15-24(30)28-11-12-29-25(31)21-5-1-4-20(13-21)17-32-23-9-7-18(16-27)8-10-23/h1-10,13-14H,11-12,15,17H2,(H,28,30)(H,29,31). The molecular weight excluding hydrogens is 409 g/mol. The largest absolute Gasteiger partial charge is 0.489 e. The van der Waals surface area contributed by atoms with Gasteiger partial charge in [0.05, 0.1) is 18.1 Å². The predicted octanol–water partition coefficient (Wildman–Crippen LogP) is 3.37. The van der Waals surface area contributed by atoms with Gasteiger partial charge in [-0.05, 0) is 59.7 Å². The highest BCUT2D eigenvalue weighted by molar-refractivity contribution is 5.94. The Balaban J connectivity index is 1.42. The number of nitriles is 1. The second-order valence-electron chi connectivity index (χ2n) is 7.04. The Kier molecular flexibility index (Phi) is 7.93. The van der Waals surface area contributed by atoms with Crippen LogP contribution in [0.2, 0.25) is 0 Å². The molecule has 0 radical (unpaired) electrons. The SMILES string of the molecule is N#Cc1ccc(OCc2cccc(C(=O)NCCNC(=O)Cc3cccc(F)c3)c2)cc1. The number of amides is 2. The van der Waals surface area contributed by atoms with Gasteiger partial charge in [0.15, 0.2) is 0 Å². The summed E-state index contributed by atoms with van der Waals surface area (Å²) in [4.78, 5) is 24.3. The van der Waals surface area contributed by atoms with Crippen molar-refractivity contribution in [3.05, 3.63) is 101 Å². The molecule has 162 valence electrons. The molecule has 0 aliphatic heterocycles. The number of hydrogen-bond acceptors (Lipinski definition) is 4. The Morgan fingerprint density at radius 3 is 2.38 bits per heavy atom. The smallest absolute Gasteiger partial charge is 0.251 e. The molecular formula is C25H22FN3O3. The van der Waals surface area contributed by atoms with Gasteiger partial charge in [-0.3, -0.25) is 9.59 Å². The van der Waals surface area contributed by atoms with E-state index < -0.39 is 0 Å². The summed E-state index contributed by atoms with van der Waals surface area (Å²) in [5.74, 6) is -0.253. The van der Waals surface area contributed by atoms with Crippen LogP contribution in [0.1, 0.15) is 27.0 Å². The minimum atomic E-state index is -0.382. The average Bonchev–Trinajstić information content (AvgIpc) is 2.81. The molecule has 0 fully saturated rings. The number of carbonyl (C=O) groups is 2. The van der Waals surface area contributed by atoms with E-state index >= 15 is 0 Å². The zero-order valence-corrected chi connectivity index (χ0v) is 17.3. The van der Waals surface area contributed by atoms with Crippen molar-refractivity contribution in [3.8, 4) is 11.8 Å². The van der Waals surface area contributed by atoms with Crippen LogP contribution in [0.4, 0.5) is 4.39 Å². The second-order valence-corrected chi connectivity index (χ2v) is 7.04. The van der Waals surface area contributed by atoms with E-state index in [-0.39, 0.29) is 43.7 Å². The Labute approximate surface area is 185 Å². The highest BCUT2D eigenvalue weighted by Crippen LogP contribution is 2.14. The summed E-state index contributed by atoms with van der Waals surface area (Å²) >= 11 is 0. The van der Waals surface area contributed by atoms with E-state index in [1.807, 2.05) is 6.07 Å². The quantitative estimate of drug-likeness (QED) is 0.508. The maximum absolute atomic E-state index is 13.2. The minimum absolute atomic E-state index is 0.0764. The molecule has 6 nitrogen and oxygen atoms in total. The van der Waals surface area contributed by atoms with Gasteiger partial charge in [-0.2, -0.15) is 5.26 Å². The van der Waals surface area contributed by atoms with Gasteiger partial charge in [-0.25, -0.2) is 4.39 Å². The van der Waals surface area contributed by atoms with Gasteiger partial charge < -0.3 is 15.4 Å². The zero-order chi connectivity index (χ0) is 22.8. The van der Waals surface area contributed by atoms with E-state index in [4.69, 9.17) is 10.00 Å². The Morgan fingerprint density at radius 2 is 1.62 bits per heavy atom. The van der Waals surface area contributed by atoms with Gasteiger partial charge in [0.2, 0.25) is 5.91 Å². The third kappa shape index (κ3) is 6.96. The van der Waals surface area contributed by atoms with E-state index in [1.54, 1.807) is 54.6 Å². The molecule has 7 heteroatoms. The van der Waals surface area contributed by atoms with E-state index in [9.17, 15) is 14.0 Å². The maximum atomic E-state index is 13.2. The molecule has 2 amide bonds. The Hall–Kier alpha value is -4.18. The molecule has 0 unspecified atom stereocenters. The van der Waals surface area contributed by atoms with E-state index in [0.29, 0.717) is 22.4 Å². The van der Waals surface area contributed by atoms with Crippen molar-refractivity contribution in [3.63, 3.8) is 0 Å². The number of halogens is 1. The number of nitrogens with zero attached hydrogens (tertiary/aromatic N) is 1. The van der Waals surface area contributed by atoms with Crippen LogP contribution < -0.4 is 15.4 Å². The first-order valence-electron chi connectivity index (χ1n) is 10.0. The highest BCUT2D eigenvalue weighted by Gasteiger charge is 2.08. The van der Waals surface area contributed by atoms with E-state index in [2.05, 4.69) is 16.7 Å². The lowest BCUT2D eigenvalue weighted by Gasteiger charge is -2.09. The van der Waals surface area contributed by atoms with Gasteiger partial charge >= 0.3 is 0 Å². The summed E-state index contributed by atoms with van der Waals surface area (Å²) in [7, 11) is 0. The third-order valence-electron chi connectivity index (χ3n) is 4.56. The lowest BCUT2D eigenvalue weighted by molar-refractivity contribution is -0.120. The molecule has 3 aromatic carbocycles. The predicted molar refractivity (Wildman–Crippen MR) is 117 cm³/mol. The first-order chi connectivity index (χ1) is 15.5. The zero-order valence-electron chi connectivity index (χ0n) is 17.3. The summed E-state index contributed by atoms with van der Waals surface area (Å²) in [6.07, 6.45) is 0.0764. The van der Waals surface area contributed by atoms with E-state index in [1.165, 1.54) is 12.1 Å². The van der Waals surface area contributed by atoms with Gasteiger partial charge in [-0.1, -0.05) is 24.3 Å². The monoisotopic (exact) mass is 431 g/mol. The summed E-state index contributed by atoms with van der Waals surface area (Å²) in [5.41, 5.74) is 2.45. The molecule has 0 aliphatic rings. The summed E-state index contributed by atoms with van der Waals surface area (Å²) in [6, 6.07) is 21.8. The van der Waals surface area contributed by atoms with Crippen molar-refractivity contribution in [1.29, 1.82) is 5.26 Å². The van der Waals surface area contributed by atoms with Crippen molar-refractivity contribution in [2.75, 3.05) is 13.1 Å². The molecule has 0 aliphatic carbocycles. The van der Waals surface area contributed by atoms with Crippen LogP contribution in [-0.2, 0) is 17.8 Å². The molecule has 32 heavy (non-hydrogen) atoms. The second kappa shape index (κ2) is 11.3. The normalized spacial score (nSPS) is 10.1. The van der Waals surface area contributed by atoms with Crippen LogP contribution in [0.3, 0.4) is 0 Å². The topological polar surface area (TPSA) is 91.2 Å². The fourth-order valence-corrected chi connectivity index (χ4v) is 2.97. The van der Waals surface area contributed by atoms with Crippen LogP contribution in [-0.4, -0.2) is 24.9 Å². The molecule has 0 saturated carbocycles. The first-order valence-corrected chi connectivity index (χ1v) is 10.0. The molecule has 0 atom stereocenters. The molecule has 0 spiro atoms. The van der Waals surface area contributed by atoms with E-state index in [0.717, 1.165) is 5.56 Å². The van der Waals surface area contributed by atoms with Gasteiger partial charge in [-0.15, -0.1) is 0 Å². The summed E-state index contributed by atoms with van der Waals surface area (Å²) < 4.78 is 18.9. The summed E-state index contributed by atoms with van der Waals surface area (Å²) in [6.45, 7) is 0.810. The van der Waals surface area contributed by atoms with Crippen LogP contribution in [0.5, 0.6) is 5.75 Å². The van der Waals surface area contributed by atoms with Crippen molar-refractivity contribution in [1.82, 2.24) is 10.6 Å². The van der Waals surface area contributed by atoms with Crippen molar-refractivity contribution in [2.24, 2.45) is 0 Å². The van der Waals surface area contributed by atoms with Crippen LogP contribution in [0.25, 0.3) is 0 Å². The lowest BCUT2D eigenvalue weighted by Crippen LogP contribution is -2.35. The molecule has 3 rings (SSSR count). The van der Waals surface area contributed by atoms with Crippen molar-refractivity contribution >= 4 is 11.8 Å². The fourth-order valence-electron chi connectivity index (χ4n) is 2.97. The highest BCUT2D eigenvalue weighted by atomic mass is 19.1. The number of ether oxygens (including phenoxy) is 1. The van der Waals surface area contributed by atoms with Gasteiger partial charge in [0.1, 0.15) is 18.2 Å². The number of rotatable bonds is 9. The fraction of sp³-hybridized carbons (Fsp3) is 0.160. The number of hydrogen-bond donors (Lipinski definition) is 2. The molecule has 2 N–H and O–H groups in total. The molecule has 0 saturated heterocycles. The van der Waals surface area contributed by atoms with Crippen molar-refractivity contribution < 1.29 is 18.7 Å². The number of nitrogens with one attached hydrogen (secondary N) is 2. The van der Waals surface area contributed by atoms with Gasteiger partial charge in [0, 0.05) is 18.7 Å². The number of benzene rings is 3. The average molecular weight is 431 g/mol. The van der Waals surface area contributed by atoms with Crippen molar-refractivity contribution in [2.45, 2.75) is 13.0 Å². The third-order valence-corrected chi connectivity index (χ3v) is 4.56. The molecule has 0 heterocycles. The lowest BCUT2D eigenvalue weighted by atomic mass is 10.1. The molecule has 0 aromatic heterocycles. The molecule has 0 bridgehead atoms. The number of carbonyl (C=O) groups excluding carboxylic acids is 2. The van der Waals surface area contributed by atoms with Crippen LogP contribution in [0, 0.1) is 17.1 Å². The van der Waals surface area contributed by atoms with Gasteiger partial charge in [0.25, 0.3) is 5.91 Å². The molecule has 3 aromatic rings. The maximum Gasteiger partial charge on any atom is 0.251 e. The first kappa shape index (κ1) is 22.5. The van der Waals surface area contributed by atoms with Crippen LogP contribution >= 0.6 is 0 Å². The Bertz CT molecular complexity index is 1120. The Morgan fingerprint density at radius 1 is 0.906 bits per heavy atom.